The molecule has 74 valence electrons. The Labute approximate surface area is 75.9 Å². The average molecular weight is 187 g/mol. The molecule has 0 unspecified atom stereocenters. The quantitative estimate of drug-likeness (QED) is 0.479. The van der Waals surface area contributed by atoms with Crippen LogP contribution in [-0.4, -0.2) is 30.8 Å². The van der Waals surface area contributed by atoms with E-state index in [1.165, 1.54) is 14.0 Å². The number of nitrogens with one attached hydrogen (secondary N) is 2. The molecule has 0 spiro atoms. The molecule has 13 heavy (non-hydrogen) atoms. The van der Waals surface area contributed by atoms with E-state index in [2.05, 4.69) is 10.6 Å². The summed E-state index contributed by atoms with van der Waals surface area (Å²) in [6, 6.07) is -0.875. The Hall–Kier alpha value is -1.59. The van der Waals surface area contributed by atoms with Crippen molar-refractivity contribution in [1.29, 1.82) is 0 Å². The van der Waals surface area contributed by atoms with Gasteiger partial charge in [0.1, 0.15) is 6.04 Å². The number of hydrogen-bond donors (Lipinski definition) is 3. The number of nitrogens with two attached hydrogens (primary N) is 1. The molecule has 1 atom stereocenters. The molecule has 3 amide bonds. The lowest BCUT2D eigenvalue weighted by Crippen LogP contribution is -2.46. The summed E-state index contributed by atoms with van der Waals surface area (Å²) < 4.78 is 0. The van der Waals surface area contributed by atoms with Crippen molar-refractivity contribution < 1.29 is 14.4 Å². The number of carbonyl (C=O) groups excluding carboxylic acids is 3. The maximum Gasteiger partial charge on any atom is 0.242 e. The van der Waals surface area contributed by atoms with Crippen LogP contribution < -0.4 is 16.4 Å². The molecule has 0 bridgehead atoms. The minimum Gasteiger partial charge on any atom is -0.370 e. The van der Waals surface area contributed by atoms with Crippen LogP contribution in [0.4, 0.5) is 0 Å². The van der Waals surface area contributed by atoms with Gasteiger partial charge in [0, 0.05) is 14.0 Å². The zero-order chi connectivity index (χ0) is 10.4. The first-order valence-corrected chi connectivity index (χ1v) is 3.74. The Morgan fingerprint density at radius 2 is 1.92 bits per heavy atom. The van der Waals surface area contributed by atoms with Gasteiger partial charge in [0.05, 0.1) is 6.42 Å². The van der Waals surface area contributed by atoms with Gasteiger partial charge in [0.2, 0.25) is 17.7 Å². The zero-order valence-corrected chi connectivity index (χ0v) is 7.59. The third-order valence-corrected chi connectivity index (χ3v) is 1.35. The molecule has 0 aliphatic carbocycles. The van der Waals surface area contributed by atoms with E-state index in [0.29, 0.717) is 0 Å². The Morgan fingerprint density at radius 3 is 2.23 bits per heavy atom. The van der Waals surface area contributed by atoms with Gasteiger partial charge in [-0.25, -0.2) is 0 Å². The highest BCUT2D eigenvalue weighted by atomic mass is 16.2. The highest BCUT2D eigenvalue weighted by Gasteiger charge is 2.19. The van der Waals surface area contributed by atoms with E-state index in [1.807, 2.05) is 0 Å². The van der Waals surface area contributed by atoms with Gasteiger partial charge >= 0.3 is 0 Å². The van der Waals surface area contributed by atoms with Crippen LogP contribution in [0.15, 0.2) is 0 Å². The normalized spacial score (nSPS) is 11.5. The second-order valence-corrected chi connectivity index (χ2v) is 2.54. The summed E-state index contributed by atoms with van der Waals surface area (Å²) in [5.41, 5.74) is 4.89. The molecule has 0 aromatic carbocycles. The van der Waals surface area contributed by atoms with E-state index in [9.17, 15) is 14.4 Å². The van der Waals surface area contributed by atoms with E-state index < -0.39 is 17.9 Å². The van der Waals surface area contributed by atoms with Crippen LogP contribution in [0.3, 0.4) is 0 Å². The molecular formula is C7H13N3O3. The third-order valence-electron chi connectivity index (χ3n) is 1.35. The smallest absolute Gasteiger partial charge is 0.242 e. The van der Waals surface area contributed by atoms with E-state index in [1.54, 1.807) is 0 Å². The first kappa shape index (κ1) is 11.4. The van der Waals surface area contributed by atoms with Gasteiger partial charge in [0.15, 0.2) is 0 Å². The van der Waals surface area contributed by atoms with E-state index in [0.717, 1.165) is 0 Å². The van der Waals surface area contributed by atoms with Crippen molar-refractivity contribution >= 4 is 17.7 Å². The molecule has 0 radical (unpaired) electrons. The summed E-state index contributed by atoms with van der Waals surface area (Å²) in [5, 5.41) is 4.62. The number of amides is 3. The van der Waals surface area contributed by atoms with Gasteiger partial charge < -0.3 is 16.4 Å². The largest absolute Gasteiger partial charge is 0.370 e. The number of likely N-dealkylation sites (N-methyl/N-ethyl adjacent to an activating group) is 1. The lowest BCUT2D eigenvalue weighted by Gasteiger charge is -2.13. The van der Waals surface area contributed by atoms with Crippen molar-refractivity contribution in [3.8, 4) is 0 Å². The van der Waals surface area contributed by atoms with Crippen LogP contribution in [-0.2, 0) is 14.4 Å². The Kier molecular flexibility index (Phi) is 4.50. The van der Waals surface area contributed by atoms with Crippen LogP contribution in [0, 0.1) is 0 Å². The standard InChI is InChI=1S/C7H13N3O3/c1-4(11)10-5(3-6(8)12)7(13)9-2/h5H,3H2,1-2H3,(H2,8,12)(H,9,13)(H,10,11)/t5-/m0/s1. The predicted octanol–water partition coefficient (Wildman–Crippen LogP) is -1.89. The highest BCUT2D eigenvalue weighted by molar-refractivity contribution is 5.90. The summed E-state index contributed by atoms with van der Waals surface area (Å²) in [5.74, 6) is -1.45. The van der Waals surface area contributed by atoms with Crippen LogP contribution in [0.25, 0.3) is 0 Å². The Morgan fingerprint density at radius 1 is 1.38 bits per heavy atom. The first-order valence-electron chi connectivity index (χ1n) is 3.74. The fourth-order valence-corrected chi connectivity index (χ4v) is 0.830. The molecule has 0 fully saturated rings. The summed E-state index contributed by atoms with van der Waals surface area (Å²) in [4.78, 5) is 32.2. The van der Waals surface area contributed by atoms with Crippen LogP contribution in [0.5, 0.6) is 0 Å². The van der Waals surface area contributed by atoms with Gasteiger partial charge in [0.25, 0.3) is 0 Å². The minimum absolute atomic E-state index is 0.195. The summed E-state index contributed by atoms with van der Waals surface area (Å²) in [7, 11) is 1.41. The molecule has 0 aliphatic rings. The minimum atomic E-state index is -0.875. The van der Waals surface area contributed by atoms with Crippen LogP contribution in [0.2, 0.25) is 0 Å². The van der Waals surface area contributed by atoms with Crippen molar-refractivity contribution in [3.05, 3.63) is 0 Å². The lowest BCUT2D eigenvalue weighted by atomic mass is 10.2. The number of rotatable bonds is 4. The number of primary amides is 1. The third kappa shape index (κ3) is 4.78. The van der Waals surface area contributed by atoms with Crippen molar-refractivity contribution in [3.63, 3.8) is 0 Å². The van der Waals surface area contributed by atoms with Crippen molar-refractivity contribution in [1.82, 2.24) is 10.6 Å². The summed E-state index contributed by atoms with van der Waals surface area (Å²) in [6.45, 7) is 1.26. The first-order chi connectivity index (χ1) is 5.97. The van der Waals surface area contributed by atoms with Crippen molar-refractivity contribution in [2.24, 2.45) is 5.73 Å². The Bertz CT molecular complexity index is 211. The molecule has 4 N–H and O–H groups in total. The monoisotopic (exact) mass is 187 g/mol. The molecule has 0 heterocycles. The maximum absolute atomic E-state index is 11.0. The molecule has 0 saturated heterocycles. The number of hydrogen-bond acceptors (Lipinski definition) is 3. The fraction of sp³-hybridized carbons (Fsp3) is 0.571. The van der Waals surface area contributed by atoms with Gasteiger partial charge in [-0.2, -0.15) is 0 Å². The molecule has 0 aromatic rings. The number of carbonyl (C=O) groups is 3. The van der Waals surface area contributed by atoms with Crippen LogP contribution >= 0.6 is 0 Å². The predicted molar refractivity (Wildman–Crippen MR) is 45.5 cm³/mol. The maximum atomic E-state index is 11.0. The summed E-state index contributed by atoms with van der Waals surface area (Å²) in [6.07, 6.45) is -0.195. The second-order valence-electron chi connectivity index (χ2n) is 2.54. The fourth-order valence-electron chi connectivity index (χ4n) is 0.830. The van der Waals surface area contributed by atoms with E-state index in [4.69, 9.17) is 5.73 Å². The van der Waals surface area contributed by atoms with Crippen molar-refractivity contribution in [2.75, 3.05) is 7.05 Å². The molecule has 0 aliphatic heterocycles. The Balaban J connectivity index is 4.26. The highest BCUT2D eigenvalue weighted by Crippen LogP contribution is 1.90. The summed E-state index contributed by atoms with van der Waals surface area (Å²) >= 11 is 0. The van der Waals surface area contributed by atoms with Gasteiger partial charge in [-0.05, 0) is 0 Å². The van der Waals surface area contributed by atoms with Gasteiger partial charge in [-0.15, -0.1) is 0 Å². The molecule has 0 saturated carbocycles. The molecule has 0 aromatic heterocycles. The second kappa shape index (κ2) is 5.13. The van der Waals surface area contributed by atoms with Gasteiger partial charge in [-0.3, -0.25) is 14.4 Å². The van der Waals surface area contributed by atoms with Crippen LogP contribution in [0.1, 0.15) is 13.3 Å². The molecule has 6 heteroatoms. The molecule has 0 rings (SSSR count). The van der Waals surface area contributed by atoms with Crippen molar-refractivity contribution in [2.45, 2.75) is 19.4 Å². The zero-order valence-electron chi connectivity index (χ0n) is 7.59. The van der Waals surface area contributed by atoms with Gasteiger partial charge in [-0.1, -0.05) is 0 Å². The van der Waals surface area contributed by atoms with E-state index in [-0.39, 0.29) is 12.3 Å². The molecular weight excluding hydrogens is 174 g/mol. The average Bonchev–Trinajstić information content (AvgIpc) is 2.00. The van der Waals surface area contributed by atoms with E-state index >= 15 is 0 Å². The SMILES string of the molecule is CNC(=O)[C@H](CC(N)=O)NC(C)=O. The lowest BCUT2D eigenvalue weighted by molar-refractivity contribution is -0.130. The topological polar surface area (TPSA) is 101 Å². The molecule has 6 nitrogen and oxygen atoms in total.